The summed E-state index contributed by atoms with van der Waals surface area (Å²) in [6.07, 6.45) is 1.80. The summed E-state index contributed by atoms with van der Waals surface area (Å²) in [7, 11) is 4.79. The van der Waals surface area contributed by atoms with E-state index in [9.17, 15) is 0 Å². The zero-order chi connectivity index (χ0) is 16.1. The molecular weight excluding hydrogens is 278 g/mol. The maximum Gasteiger partial charge on any atom is 0.203 e. The van der Waals surface area contributed by atoms with Crippen LogP contribution in [0.15, 0.2) is 35.3 Å². The Hall–Kier alpha value is -2.49. The van der Waals surface area contributed by atoms with Crippen molar-refractivity contribution in [1.29, 1.82) is 0 Å². The minimum atomic E-state index is 0.578. The zero-order valence-electron chi connectivity index (χ0n) is 13.6. The van der Waals surface area contributed by atoms with Crippen LogP contribution in [0.4, 0.5) is 5.69 Å². The molecule has 4 heteroatoms. The molecule has 0 aliphatic heterocycles. The van der Waals surface area contributed by atoms with Gasteiger partial charge in [0.05, 0.1) is 27.0 Å². The quantitative estimate of drug-likeness (QED) is 0.781. The third-order valence-electron chi connectivity index (χ3n) is 3.62. The largest absolute Gasteiger partial charge is 0.493 e. The van der Waals surface area contributed by atoms with Crippen LogP contribution in [0, 0.1) is 13.8 Å². The van der Waals surface area contributed by atoms with E-state index in [4.69, 9.17) is 14.2 Å². The summed E-state index contributed by atoms with van der Waals surface area (Å²) in [6, 6.07) is 9.82. The number of aliphatic imine (C=N–C) groups is 1. The molecule has 0 saturated heterocycles. The number of aryl methyl sites for hydroxylation is 1. The van der Waals surface area contributed by atoms with E-state index in [1.54, 1.807) is 27.5 Å². The minimum Gasteiger partial charge on any atom is -0.493 e. The molecule has 0 atom stereocenters. The van der Waals surface area contributed by atoms with Crippen molar-refractivity contribution >= 4 is 11.9 Å². The van der Waals surface area contributed by atoms with Crippen LogP contribution in [0.3, 0.4) is 0 Å². The molecule has 0 aromatic heterocycles. The first-order chi connectivity index (χ1) is 10.6. The number of benzene rings is 2. The van der Waals surface area contributed by atoms with Gasteiger partial charge in [-0.3, -0.25) is 4.99 Å². The average Bonchev–Trinajstić information content (AvgIpc) is 2.55. The Labute approximate surface area is 131 Å². The molecule has 0 aliphatic carbocycles. The van der Waals surface area contributed by atoms with Gasteiger partial charge in [-0.2, -0.15) is 0 Å². The number of ether oxygens (including phenoxy) is 3. The predicted octanol–water partition coefficient (Wildman–Crippen LogP) is 4.08. The second-order valence-corrected chi connectivity index (χ2v) is 4.94. The van der Waals surface area contributed by atoms with E-state index in [2.05, 4.69) is 24.9 Å². The van der Waals surface area contributed by atoms with Gasteiger partial charge in [-0.25, -0.2) is 0 Å². The van der Waals surface area contributed by atoms with E-state index in [1.807, 2.05) is 24.3 Å². The van der Waals surface area contributed by atoms with Crippen LogP contribution in [0.5, 0.6) is 17.2 Å². The number of rotatable bonds is 5. The summed E-state index contributed by atoms with van der Waals surface area (Å²) in [5, 5.41) is 0. The molecule has 0 heterocycles. The van der Waals surface area contributed by atoms with Crippen LogP contribution in [0.25, 0.3) is 0 Å². The Morgan fingerprint density at radius 1 is 0.909 bits per heavy atom. The number of nitrogens with zero attached hydrogens (tertiary/aromatic N) is 1. The molecular formula is C18H21NO3. The molecule has 0 aliphatic rings. The Morgan fingerprint density at radius 3 is 2.09 bits per heavy atom. The van der Waals surface area contributed by atoms with Crippen molar-refractivity contribution in [3.05, 3.63) is 47.0 Å². The first kappa shape index (κ1) is 15.9. The molecule has 4 nitrogen and oxygen atoms in total. The smallest absolute Gasteiger partial charge is 0.203 e. The summed E-state index contributed by atoms with van der Waals surface area (Å²) in [5.41, 5.74) is 4.23. The molecule has 2 aromatic carbocycles. The lowest BCUT2D eigenvalue weighted by Crippen LogP contribution is -1.96. The molecule has 0 spiro atoms. The van der Waals surface area contributed by atoms with Crippen molar-refractivity contribution in [3.8, 4) is 17.2 Å². The normalized spacial score (nSPS) is 10.8. The topological polar surface area (TPSA) is 40.0 Å². The van der Waals surface area contributed by atoms with Crippen LogP contribution in [0.2, 0.25) is 0 Å². The fraction of sp³-hybridized carbons (Fsp3) is 0.278. The Bertz CT molecular complexity index is 668. The van der Waals surface area contributed by atoms with Gasteiger partial charge in [0.15, 0.2) is 11.5 Å². The van der Waals surface area contributed by atoms with Crippen molar-refractivity contribution in [2.24, 2.45) is 4.99 Å². The molecule has 2 rings (SSSR count). The van der Waals surface area contributed by atoms with Crippen molar-refractivity contribution in [2.45, 2.75) is 13.8 Å². The third kappa shape index (κ3) is 3.22. The lowest BCUT2D eigenvalue weighted by molar-refractivity contribution is 0.324. The number of hydrogen-bond acceptors (Lipinski definition) is 4. The minimum absolute atomic E-state index is 0.578. The van der Waals surface area contributed by atoms with Gasteiger partial charge in [-0.1, -0.05) is 12.1 Å². The van der Waals surface area contributed by atoms with Crippen molar-refractivity contribution in [2.75, 3.05) is 21.3 Å². The summed E-state index contributed by atoms with van der Waals surface area (Å²) < 4.78 is 16.0. The monoisotopic (exact) mass is 299 g/mol. The molecule has 0 N–H and O–H groups in total. The standard InChI is InChI=1S/C18H21NO3/c1-12-7-6-8-15(13(12)2)19-11-14-9-16(20-3)18(22-5)17(10-14)21-4/h6-11H,1-5H3. The average molecular weight is 299 g/mol. The van der Waals surface area contributed by atoms with E-state index in [-0.39, 0.29) is 0 Å². The van der Waals surface area contributed by atoms with Crippen LogP contribution in [0.1, 0.15) is 16.7 Å². The van der Waals surface area contributed by atoms with E-state index in [0.717, 1.165) is 11.3 Å². The molecule has 0 saturated carbocycles. The Balaban J connectivity index is 2.41. The van der Waals surface area contributed by atoms with Crippen molar-refractivity contribution in [1.82, 2.24) is 0 Å². The van der Waals surface area contributed by atoms with E-state index < -0.39 is 0 Å². The van der Waals surface area contributed by atoms with Gasteiger partial charge in [-0.15, -0.1) is 0 Å². The van der Waals surface area contributed by atoms with Crippen LogP contribution in [-0.2, 0) is 0 Å². The first-order valence-electron chi connectivity index (χ1n) is 7.01. The molecule has 0 bridgehead atoms. The molecule has 2 aromatic rings. The fourth-order valence-corrected chi connectivity index (χ4v) is 2.20. The lowest BCUT2D eigenvalue weighted by Gasteiger charge is -2.12. The van der Waals surface area contributed by atoms with Crippen molar-refractivity contribution in [3.63, 3.8) is 0 Å². The Morgan fingerprint density at radius 2 is 1.55 bits per heavy atom. The fourth-order valence-electron chi connectivity index (χ4n) is 2.20. The summed E-state index contributed by atoms with van der Waals surface area (Å²) in [4.78, 5) is 4.57. The van der Waals surface area contributed by atoms with Gasteiger partial charge in [0.1, 0.15) is 0 Å². The van der Waals surface area contributed by atoms with Crippen LogP contribution < -0.4 is 14.2 Å². The van der Waals surface area contributed by atoms with E-state index >= 15 is 0 Å². The molecule has 0 unspecified atom stereocenters. The zero-order valence-corrected chi connectivity index (χ0v) is 13.6. The first-order valence-corrected chi connectivity index (χ1v) is 7.01. The molecule has 22 heavy (non-hydrogen) atoms. The molecule has 116 valence electrons. The van der Waals surface area contributed by atoms with Crippen LogP contribution in [-0.4, -0.2) is 27.5 Å². The predicted molar refractivity (Wildman–Crippen MR) is 89.3 cm³/mol. The second-order valence-electron chi connectivity index (χ2n) is 4.94. The molecule has 0 amide bonds. The van der Waals surface area contributed by atoms with Gasteiger partial charge in [0.25, 0.3) is 0 Å². The summed E-state index contributed by atoms with van der Waals surface area (Å²) in [5.74, 6) is 1.81. The number of methoxy groups -OCH3 is 3. The Kier molecular flexibility index (Phi) is 5.04. The second kappa shape index (κ2) is 6.98. The van der Waals surface area contributed by atoms with E-state index in [1.165, 1.54) is 11.1 Å². The van der Waals surface area contributed by atoms with Gasteiger partial charge in [0, 0.05) is 11.8 Å². The highest BCUT2D eigenvalue weighted by Crippen LogP contribution is 2.37. The third-order valence-corrected chi connectivity index (χ3v) is 3.62. The van der Waals surface area contributed by atoms with Gasteiger partial charge >= 0.3 is 0 Å². The molecule has 0 radical (unpaired) electrons. The molecule has 0 fully saturated rings. The highest BCUT2D eigenvalue weighted by atomic mass is 16.5. The summed E-state index contributed by atoms with van der Waals surface area (Å²) in [6.45, 7) is 4.14. The lowest BCUT2D eigenvalue weighted by atomic mass is 10.1. The summed E-state index contributed by atoms with van der Waals surface area (Å²) >= 11 is 0. The van der Waals surface area contributed by atoms with Gasteiger partial charge < -0.3 is 14.2 Å². The maximum absolute atomic E-state index is 5.35. The maximum atomic E-state index is 5.35. The van der Waals surface area contributed by atoms with Crippen LogP contribution >= 0.6 is 0 Å². The highest BCUT2D eigenvalue weighted by molar-refractivity contribution is 5.84. The number of hydrogen-bond donors (Lipinski definition) is 0. The van der Waals surface area contributed by atoms with Gasteiger partial charge in [-0.05, 0) is 43.2 Å². The van der Waals surface area contributed by atoms with Gasteiger partial charge in [0.2, 0.25) is 5.75 Å². The van der Waals surface area contributed by atoms with E-state index in [0.29, 0.717) is 17.2 Å². The highest BCUT2D eigenvalue weighted by Gasteiger charge is 2.12. The SMILES string of the molecule is COc1cc(C=Nc2cccc(C)c2C)cc(OC)c1OC. The van der Waals surface area contributed by atoms with Crippen molar-refractivity contribution < 1.29 is 14.2 Å².